The first-order chi connectivity index (χ1) is 8.49. The van der Waals surface area contributed by atoms with Crippen LogP contribution in [-0.4, -0.2) is 11.1 Å². The second-order valence-electron chi connectivity index (χ2n) is 5.63. The predicted molar refractivity (Wildman–Crippen MR) is 72.5 cm³/mol. The Morgan fingerprint density at radius 2 is 2.17 bits per heavy atom. The van der Waals surface area contributed by atoms with Gasteiger partial charge in [-0.1, -0.05) is 31.0 Å². The van der Waals surface area contributed by atoms with Crippen LogP contribution in [0.1, 0.15) is 43.2 Å². The lowest BCUT2D eigenvalue weighted by Crippen LogP contribution is -2.21. The fourth-order valence-electron chi connectivity index (χ4n) is 3.11. The first kappa shape index (κ1) is 12.9. The van der Waals surface area contributed by atoms with Gasteiger partial charge in [0.2, 0.25) is 0 Å². The van der Waals surface area contributed by atoms with E-state index in [0.29, 0.717) is 11.6 Å². The van der Waals surface area contributed by atoms with E-state index < -0.39 is 11.9 Å². The number of nitrogen functional groups attached to an aromatic ring is 1. The van der Waals surface area contributed by atoms with Gasteiger partial charge in [-0.05, 0) is 43.2 Å². The summed E-state index contributed by atoms with van der Waals surface area (Å²) >= 11 is 0. The molecule has 3 atom stereocenters. The average molecular weight is 247 g/mol. The van der Waals surface area contributed by atoms with Gasteiger partial charge in [0, 0.05) is 5.69 Å². The zero-order valence-electron chi connectivity index (χ0n) is 11.0. The van der Waals surface area contributed by atoms with E-state index in [2.05, 4.69) is 6.92 Å². The number of rotatable bonds is 3. The summed E-state index contributed by atoms with van der Waals surface area (Å²) in [6, 6.07) is 5.67. The van der Waals surface area contributed by atoms with E-state index >= 15 is 0 Å². The van der Waals surface area contributed by atoms with Crippen molar-refractivity contribution in [1.82, 2.24) is 0 Å². The molecular formula is C15H21NO2. The standard InChI is InChI=1S/C15H21NO2/c1-9-3-5-11(7-9)14(15(17)18)12-8-10(2)4-6-13(12)16/h4,6,8-9,11,14H,3,5,7,16H2,1-2H3,(H,17,18). The van der Waals surface area contributed by atoms with Crippen LogP contribution in [0.15, 0.2) is 18.2 Å². The SMILES string of the molecule is Cc1ccc(N)c(C(C(=O)O)C2CCC(C)C2)c1. The smallest absolute Gasteiger partial charge is 0.311 e. The molecular weight excluding hydrogens is 226 g/mol. The predicted octanol–water partition coefficient (Wildman–Crippen LogP) is 3.18. The minimum Gasteiger partial charge on any atom is -0.481 e. The second kappa shape index (κ2) is 5.01. The Kier molecular flexibility index (Phi) is 3.60. The van der Waals surface area contributed by atoms with Crippen molar-refractivity contribution >= 4 is 11.7 Å². The van der Waals surface area contributed by atoms with Gasteiger partial charge in [0.15, 0.2) is 0 Å². The summed E-state index contributed by atoms with van der Waals surface area (Å²) in [6.07, 6.45) is 3.11. The van der Waals surface area contributed by atoms with Crippen LogP contribution >= 0.6 is 0 Å². The number of hydrogen-bond donors (Lipinski definition) is 2. The number of aryl methyl sites for hydroxylation is 1. The highest BCUT2D eigenvalue weighted by molar-refractivity contribution is 5.79. The summed E-state index contributed by atoms with van der Waals surface area (Å²) < 4.78 is 0. The molecule has 0 bridgehead atoms. The van der Waals surface area contributed by atoms with Gasteiger partial charge >= 0.3 is 5.97 Å². The molecule has 0 radical (unpaired) electrons. The Balaban J connectivity index is 2.35. The molecule has 3 nitrogen and oxygen atoms in total. The zero-order valence-corrected chi connectivity index (χ0v) is 11.0. The summed E-state index contributed by atoms with van der Waals surface area (Å²) in [6.45, 7) is 4.16. The van der Waals surface area contributed by atoms with Gasteiger partial charge in [0.1, 0.15) is 0 Å². The average Bonchev–Trinajstić information content (AvgIpc) is 2.70. The van der Waals surface area contributed by atoms with E-state index in [9.17, 15) is 9.90 Å². The summed E-state index contributed by atoms with van der Waals surface area (Å²) in [5, 5.41) is 9.53. The first-order valence-electron chi connectivity index (χ1n) is 6.58. The van der Waals surface area contributed by atoms with Crippen LogP contribution < -0.4 is 5.73 Å². The Labute approximate surface area is 108 Å². The second-order valence-corrected chi connectivity index (χ2v) is 5.63. The minimum absolute atomic E-state index is 0.224. The molecule has 0 spiro atoms. The first-order valence-corrected chi connectivity index (χ1v) is 6.58. The maximum Gasteiger partial charge on any atom is 0.311 e. The molecule has 1 aliphatic rings. The molecule has 0 aromatic heterocycles. The number of anilines is 1. The molecule has 0 amide bonds. The third-order valence-electron chi connectivity index (χ3n) is 4.05. The molecule has 98 valence electrons. The Morgan fingerprint density at radius 3 is 2.72 bits per heavy atom. The molecule has 1 aromatic rings. The van der Waals surface area contributed by atoms with Crippen molar-refractivity contribution in [1.29, 1.82) is 0 Å². The molecule has 1 aromatic carbocycles. The van der Waals surface area contributed by atoms with E-state index in [1.54, 1.807) is 0 Å². The summed E-state index contributed by atoms with van der Waals surface area (Å²) in [5.41, 5.74) is 8.43. The lowest BCUT2D eigenvalue weighted by Gasteiger charge is -2.22. The normalized spacial score (nSPS) is 25.0. The van der Waals surface area contributed by atoms with Gasteiger partial charge < -0.3 is 10.8 Å². The van der Waals surface area contributed by atoms with Crippen molar-refractivity contribution in [2.75, 3.05) is 5.73 Å². The minimum atomic E-state index is -0.744. The number of aliphatic carboxylic acids is 1. The number of benzene rings is 1. The topological polar surface area (TPSA) is 63.3 Å². The van der Waals surface area contributed by atoms with Crippen LogP contribution in [0.3, 0.4) is 0 Å². The molecule has 0 aliphatic heterocycles. The fraction of sp³-hybridized carbons (Fsp3) is 0.533. The molecule has 1 saturated carbocycles. The molecule has 1 aliphatic carbocycles. The van der Waals surface area contributed by atoms with Crippen LogP contribution in [0, 0.1) is 18.8 Å². The monoisotopic (exact) mass is 247 g/mol. The quantitative estimate of drug-likeness (QED) is 0.806. The third kappa shape index (κ3) is 2.50. The van der Waals surface area contributed by atoms with Gasteiger partial charge in [-0.3, -0.25) is 4.79 Å². The summed E-state index contributed by atoms with van der Waals surface area (Å²) in [7, 11) is 0. The molecule has 0 heterocycles. The van der Waals surface area contributed by atoms with Crippen LogP contribution in [0.4, 0.5) is 5.69 Å². The number of carbonyl (C=O) groups is 1. The molecule has 18 heavy (non-hydrogen) atoms. The highest BCUT2D eigenvalue weighted by Crippen LogP contribution is 2.42. The maximum absolute atomic E-state index is 11.6. The summed E-state index contributed by atoms with van der Waals surface area (Å²) in [4.78, 5) is 11.6. The number of carboxylic acid groups (broad SMARTS) is 1. The van der Waals surface area contributed by atoms with Crippen molar-refractivity contribution < 1.29 is 9.90 Å². The van der Waals surface area contributed by atoms with Crippen LogP contribution in [0.5, 0.6) is 0 Å². The largest absolute Gasteiger partial charge is 0.481 e. The van der Waals surface area contributed by atoms with Crippen molar-refractivity contribution in [3.8, 4) is 0 Å². The van der Waals surface area contributed by atoms with Gasteiger partial charge in [0.25, 0.3) is 0 Å². The Hall–Kier alpha value is -1.51. The molecule has 2 rings (SSSR count). The van der Waals surface area contributed by atoms with Crippen molar-refractivity contribution in [3.63, 3.8) is 0 Å². The van der Waals surface area contributed by atoms with Crippen LogP contribution in [-0.2, 0) is 4.79 Å². The van der Waals surface area contributed by atoms with Crippen molar-refractivity contribution in [3.05, 3.63) is 29.3 Å². The fourth-order valence-corrected chi connectivity index (χ4v) is 3.11. The number of carboxylic acids is 1. The highest BCUT2D eigenvalue weighted by atomic mass is 16.4. The summed E-state index contributed by atoms with van der Waals surface area (Å²) in [5.74, 6) is -0.342. The van der Waals surface area contributed by atoms with E-state index in [4.69, 9.17) is 5.73 Å². The van der Waals surface area contributed by atoms with E-state index in [1.165, 1.54) is 0 Å². The van der Waals surface area contributed by atoms with Gasteiger partial charge in [-0.2, -0.15) is 0 Å². The van der Waals surface area contributed by atoms with Gasteiger partial charge in [0.05, 0.1) is 5.92 Å². The molecule has 3 heteroatoms. The molecule has 3 N–H and O–H groups in total. The molecule has 3 unspecified atom stereocenters. The molecule has 0 saturated heterocycles. The number of nitrogens with two attached hydrogens (primary N) is 1. The maximum atomic E-state index is 11.6. The van der Waals surface area contributed by atoms with Crippen LogP contribution in [0.25, 0.3) is 0 Å². The van der Waals surface area contributed by atoms with Gasteiger partial charge in [-0.15, -0.1) is 0 Å². The number of hydrogen-bond acceptors (Lipinski definition) is 2. The lowest BCUT2D eigenvalue weighted by molar-refractivity contribution is -0.140. The van der Waals surface area contributed by atoms with Crippen molar-refractivity contribution in [2.45, 2.75) is 39.0 Å². The zero-order chi connectivity index (χ0) is 13.3. The van der Waals surface area contributed by atoms with Gasteiger partial charge in [-0.25, -0.2) is 0 Å². The molecule has 1 fully saturated rings. The highest BCUT2D eigenvalue weighted by Gasteiger charge is 2.35. The lowest BCUT2D eigenvalue weighted by atomic mass is 9.83. The third-order valence-corrected chi connectivity index (χ3v) is 4.05. The van der Waals surface area contributed by atoms with E-state index in [1.807, 2.05) is 25.1 Å². The van der Waals surface area contributed by atoms with Crippen molar-refractivity contribution in [2.24, 2.45) is 11.8 Å². The van der Waals surface area contributed by atoms with E-state index in [0.717, 1.165) is 30.4 Å². The Morgan fingerprint density at radius 1 is 1.44 bits per heavy atom. The van der Waals surface area contributed by atoms with E-state index in [-0.39, 0.29) is 5.92 Å². The Bertz CT molecular complexity index is 456. The van der Waals surface area contributed by atoms with Crippen LogP contribution in [0.2, 0.25) is 0 Å².